The fourth-order valence-corrected chi connectivity index (χ4v) is 0.948. The molecule has 0 spiro atoms. The summed E-state index contributed by atoms with van der Waals surface area (Å²) in [5, 5.41) is 17.2. The van der Waals surface area contributed by atoms with Crippen LogP contribution in [0.5, 0.6) is 0 Å². The second-order valence-corrected chi connectivity index (χ2v) is 3.52. The molecule has 0 fully saturated rings. The smallest absolute Gasteiger partial charge is 0.389 e. The third-order valence-electron chi connectivity index (χ3n) is 1.63. The lowest BCUT2D eigenvalue weighted by molar-refractivity contribution is -0.178. The second kappa shape index (κ2) is 3.53. The summed E-state index contributed by atoms with van der Waals surface area (Å²) in [6.45, 7) is 2.11. The molecule has 0 aliphatic rings. The van der Waals surface area contributed by atoms with Crippen LogP contribution in [0.15, 0.2) is 0 Å². The Morgan fingerprint density at radius 1 is 1.38 bits per heavy atom. The van der Waals surface area contributed by atoms with Crippen molar-refractivity contribution in [3.8, 4) is 0 Å². The van der Waals surface area contributed by atoms with Crippen LogP contribution in [0.1, 0.15) is 20.3 Å². The average Bonchev–Trinajstić information content (AvgIpc) is 1.80. The number of hydrogen-bond acceptors (Lipinski definition) is 2. The fourth-order valence-electron chi connectivity index (χ4n) is 0.948. The molecule has 3 nitrogen and oxygen atoms in total. The van der Waals surface area contributed by atoms with Crippen molar-refractivity contribution < 1.29 is 28.2 Å². The highest BCUT2D eigenvalue weighted by molar-refractivity contribution is 5.72. The van der Waals surface area contributed by atoms with Crippen LogP contribution in [0.2, 0.25) is 0 Å². The molecule has 6 heteroatoms. The number of aliphatic hydroxyl groups excluding tert-OH is 1. The van der Waals surface area contributed by atoms with Gasteiger partial charge in [-0.05, 0) is 0 Å². The monoisotopic (exact) mass is 200 g/mol. The van der Waals surface area contributed by atoms with Crippen LogP contribution < -0.4 is 0 Å². The molecule has 0 heterocycles. The lowest BCUT2D eigenvalue weighted by Gasteiger charge is -2.28. The third-order valence-corrected chi connectivity index (χ3v) is 1.63. The molecule has 0 bridgehead atoms. The number of alkyl halides is 3. The Bertz CT molecular complexity index is 198. The zero-order chi connectivity index (χ0) is 10.9. The zero-order valence-corrected chi connectivity index (χ0v) is 7.22. The maximum absolute atomic E-state index is 11.9. The molecule has 0 aromatic rings. The van der Waals surface area contributed by atoms with E-state index in [1.54, 1.807) is 0 Å². The van der Waals surface area contributed by atoms with Crippen LogP contribution in [-0.4, -0.2) is 28.5 Å². The maximum Gasteiger partial charge on any atom is 0.389 e. The van der Waals surface area contributed by atoms with Crippen molar-refractivity contribution in [2.45, 2.75) is 32.5 Å². The molecule has 2 N–H and O–H groups in total. The Balaban J connectivity index is 4.48. The van der Waals surface area contributed by atoms with Gasteiger partial charge in [0, 0.05) is 5.41 Å². The topological polar surface area (TPSA) is 57.5 Å². The summed E-state index contributed by atoms with van der Waals surface area (Å²) in [4.78, 5) is 10.2. The highest BCUT2D eigenvalue weighted by Gasteiger charge is 2.43. The van der Waals surface area contributed by atoms with E-state index in [-0.39, 0.29) is 0 Å². The van der Waals surface area contributed by atoms with E-state index in [2.05, 4.69) is 0 Å². The Kier molecular flexibility index (Phi) is 3.32. The van der Waals surface area contributed by atoms with Crippen molar-refractivity contribution >= 4 is 5.97 Å². The van der Waals surface area contributed by atoms with E-state index in [0.717, 1.165) is 13.8 Å². The summed E-state index contributed by atoms with van der Waals surface area (Å²) in [6.07, 6.45) is -7.80. The maximum atomic E-state index is 11.9. The number of halogens is 3. The second-order valence-electron chi connectivity index (χ2n) is 3.52. The standard InChI is InChI=1S/C7H11F3O3/c1-6(2,3-7(8,9)10)4(11)5(12)13/h4,11H,3H2,1-2H3,(H,12,13). The third kappa shape index (κ3) is 4.12. The number of aliphatic hydroxyl groups is 1. The normalized spacial score (nSPS) is 15.5. The van der Waals surface area contributed by atoms with Crippen molar-refractivity contribution in [1.82, 2.24) is 0 Å². The van der Waals surface area contributed by atoms with Crippen molar-refractivity contribution in [3.63, 3.8) is 0 Å². The molecule has 0 rings (SSSR count). The summed E-state index contributed by atoms with van der Waals surface area (Å²) in [7, 11) is 0. The van der Waals surface area contributed by atoms with E-state index in [1.165, 1.54) is 0 Å². The van der Waals surface area contributed by atoms with E-state index < -0.39 is 30.1 Å². The van der Waals surface area contributed by atoms with Gasteiger partial charge in [-0.2, -0.15) is 13.2 Å². The molecule has 0 radical (unpaired) electrons. The van der Waals surface area contributed by atoms with E-state index in [4.69, 9.17) is 10.2 Å². The molecule has 1 unspecified atom stereocenters. The summed E-state index contributed by atoms with van der Waals surface area (Å²) in [5.41, 5.74) is -1.70. The van der Waals surface area contributed by atoms with Crippen LogP contribution >= 0.6 is 0 Å². The van der Waals surface area contributed by atoms with Crippen molar-refractivity contribution in [1.29, 1.82) is 0 Å². The van der Waals surface area contributed by atoms with Gasteiger partial charge in [-0.3, -0.25) is 0 Å². The average molecular weight is 200 g/mol. The van der Waals surface area contributed by atoms with Crippen LogP contribution in [0.25, 0.3) is 0 Å². The molecule has 0 aromatic heterocycles. The van der Waals surface area contributed by atoms with Crippen LogP contribution in [-0.2, 0) is 4.79 Å². The largest absolute Gasteiger partial charge is 0.479 e. The first-order valence-corrected chi connectivity index (χ1v) is 3.54. The highest BCUT2D eigenvalue weighted by atomic mass is 19.4. The predicted octanol–water partition coefficient (Wildman–Crippen LogP) is 1.41. The Morgan fingerprint density at radius 3 is 2.00 bits per heavy atom. The SMILES string of the molecule is CC(C)(CC(F)(F)F)C(O)C(=O)O. The number of aliphatic carboxylic acids is 1. The number of hydrogen-bond donors (Lipinski definition) is 2. The van der Waals surface area contributed by atoms with Gasteiger partial charge >= 0.3 is 12.1 Å². The van der Waals surface area contributed by atoms with Gasteiger partial charge in [0.2, 0.25) is 0 Å². The van der Waals surface area contributed by atoms with Crippen LogP contribution in [0, 0.1) is 5.41 Å². The van der Waals surface area contributed by atoms with Crippen molar-refractivity contribution in [3.05, 3.63) is 0 Å². The minimum absolute atomic E-state index is 1.05. The minimum Gasteiger partial charge on any atom is -0.479 e. The van der Waals surface area contributed by atoms with Crippen LogP contribution in [0.3, 0.4) is 0 Å². The van der Waals surface area contributed by atoms with Gasteiger partial charge in [-0.25, -0.2) is 4.79 Å². The molecule has 13 heavy (non-hydrogen) atoms. The first kappa shape index (κ1) is 12.2. The van der Waals surface area contributed by atoms with E-state index in [9.17, 15) is 18.0 Å². The molecule has 0 saturated heterocycles. The Morgan fingerprint density at radius 2 is 1.77 bits per heavy atom. The van der Waals surface area contributed by atoms with Gasteiger partial charge in [0.15, 0.2) is 6.10 Å². The Hall–Kier alpha value is -0.780. The zero-order valence-electron chi connectivity index (χ0n) is 7.22. The van der Waals surface area contributed by atoms with Gasteiger partial charge in [0.05, 0.1) is 6.42 Å². The van der Waals surface area contributed by atoms with Crippen molar-refractivity contribution in [2.75, 3.05) is 0 Å². The van der Waals surface area contributed by atoms with E-state index >= 15 is 0 Å². The molecule has 0 aromatic carbocycles. The van der Waals surface area contributed by atoms with Gasteiger partial charge < -0.3 is 10.2 Å². The van der Waals surface area contributed by atoms with E-state index in [0.29, 0.717) is 0 Å². The quantitative estimate of drug-likeness (QED) is 0.724. The Labute approximate surface area is 73.2 Å². The number of carboxylic acids is 1. The highest BCUT2D eigenvalue weighted by Crippen LogP contribution is 2.35. The fraction of sp³-hybridized carbons (Fsp3) is 0.857. The first-order chi connectivity index (χ1) is 5.56. The van der Waals surface area contributed by atoms with Crippen LogP contribution in [0.4, 0.5) is 13.2 Å². The minimum atomic E-state index is -4.47. The molecule has 0 aliphatic heterocycles. The summed E-state index contributed by atoms with van der Waals surface area (Å²) >= 11 is 0. The molecular formula is C7H11F3O3. The molecule has 1 atom stereocenters. The van der Waals surface area contributed by atoms with Gasteiger partial charge in [0.1, 0.15) is 0 Å². The van der Waals surface area contributed by atoms with Crippen molar-refractivity contribution in [2.24, 2.45) is 5.41 Å². The lowest BCUT2D eigenvalue weighted by atomic mass is 9.83. The summed E-state index contributed by atoms with van der Waals surface area (Å²) in [5.74, 6) is -1.64. The summed E-state index contributed by atoms with van der Waals surface area (Å²) < 4.78 is 35.6. The van der Waals surface area contributed by atoms with Gasteiger partial charge in [-0.1, -0.05) is 13.8 Å². The first-order valence-electron chi connectivity index (χ1n) is 3.54. The van der Waals surface area contributed by atoms with E-state index in [1.807, 2.05) is 0 Å². The number of rotatable bonds is 3. The van der Waals surface area contributed by atoms with Gasteiger partial charge in [-0.15, -0.1) is 0 Å². The molecular weight excluding hydrogens is 189 g/mol. The van der Waals surface area contributed by atoms with Gasteiger partial charge in [0.25, 0.3) is 0 Å². The molecule has 78 valence electrons. The number of carbonyl (C=O) groups is 1. The lowest BCUT2D eigenvalue weighted by Crippen LogP contribution is -2.39. The number of carboxylic acid groups (broad SMARTS) is 1. The molecule has 0 amide bonds. The molecule has 0 aliphatic carbocycles. The molecule has 0 saturated carbocycles. The predicted molar refractivity (Wildman–Crippen MR) is 38.1 cm³/mol. The summed E-state index contributed by atoms with van der Waals surface area (Å²) in [6, 6.07) is 0.